The second-order valence-electron chi connectivity index (χ2n) is 4.12. The van der Waals surface area contributed by atoms with E-state index in [1.165, 1.54) is 12.8 Å². The maximum atomic E-state index is 7.47. The summed E-state index contributed by atoms with van der Waals surface area (Å²) in [7, 11) is 2.08. The summed E-state index contributed by atoms with van der Waals surface area (Å²) in [5, 5.41) is 7.47. The van der Waals surface area contributed by atoms with E-state index >= 15 is 0 Å². The van der Waals surface area contributed by atoms with Crippen LogP contribution in [-0.4, -0.2) is 29.9 Å². The molecule has 0 aromatic carbocycles. The van der Waals surface area contributed by atoms with Crippen molar-refractivity contribution in [2.45, 2.75) is 45.2 Å². The highest BCUT2D eigenvalue weighted by Crippen LogP contribution is 2.35. The molecule has 0 aliphatic heterocycles. The van der Waals surface area contributed by atoms with Gasteiger partial charge in [-0.25, -0.2) is 0 Å². The molecule has 3 nitrogen and oxygen atoms in total. The Labute approximate surface area is 80.8 Å². The van der Waals surface area contributed by atoms with E-state index in [1.54, 1.807) is 0 Å². The van der Waals surface area contributed by atoms with Gasteiger partial charge >= 0.3 is 0 Å². The van der Waals surface area contributed by atoms with Crippen LogP contribution in [0.3, 0.4) is 0 Å². The van der Waals surface area contributed by atoms with Gasteiger partial charge in [0.25, 0.3) is 0 Å². The first-order valence-electron chi connectivity index (χ1n) is 5.13. The highest BCUT2D eigenvalue weighted by Gasteiger charge is 2.33. The lowest BCUT2D eigenvalue weighted by Gasteiger charge is -2.31. The average molecular weight is 183 g/mol. The minimum Gasteiger partial charge on any atom is -0.386 e. The van der Waals surface area contributed by atoms with E-state index in [-0.39, 0.29) is 6.04 Å². The van der Waals surface area contributed by atoms with Gasteiger partial charge in [-0.05, 0) is 39.2 Å². The zero-order valence-corrected chi connectivity index (χ0v) is 8.88. The van der Waals surface area contributed by atoms with Gasteiger partial charge in [-0.2, -0.15) is 0 Å². The lowest BCUT2D eigenvalue weighted by Crippen LogP contribution is -2.46. The molecule has 1 aliphatic carbocycles. The molecule has 0 radical (unpaired) electrons. The predicted molar refractivity (Wildman–Crippen MR) is 55.9 cm³/mol. The molecule has 0 spiro atoms. The number of hydrogen-bond donors (Lipinski definition) is 2. The largest absolute Gasteiger partial charge is 0.386 e. The van der Waals surface area contributed by atoms with Crippen LogP contribution in [0.5, 0.6) is 0 Å². The number of rotatable bonds is 5. The van der Waals surface area contributed by atoms with Gasteiger partial charge in [0.1, 0.15) is 5.84 Å². The summed E-state index contributed by atoms with van der Waals surface area (Å²) in [5.41, 5.74) is 5.55. The Morgan fingerprint density at radius 3 is 2.46 bits per heavy atom. The molecule has 0 saturated heterocycles. The fourth-order valence-electron chi connectivity index (χ4n) is 1.92. The van der Waals surface area contributed by atoms with E-state index in [2.05, 4.69) is 25.8 Å². The van der Waals surface area contributed by atoms with E-state index in [4.69, 9.17) is 11.1 Å². The van der Waals surface area contributed by atoms with Crippen LogP contribution in [0.1, 0.15) is 33.1 Å². The van der Waals surface area contributed by atoms with Gasteiger partial charge in [-0.3, -0.25) is 10.3 Å². The molecule has 1 fully saturated rings. The standard InChI is InChI=1S/C10H21N3/c1-4-9(10(11)12)13(3)7(2)8-5-6-8/h7-9H,4-6H2,1-3H3,(H3,11,12). The summed E-state index contributed by atoms with van der Waals surface area (Å²) in [6, 6.07) is 0.712. The Hall–Kier alpha value is -0.570. The first-order valence-corrected chi connectivity index (χ1v) is 5.13. The molecule has 0 heterocycles. The molecule has 1 aliphatic rings. The van der Waals surface area contributed by atoms with E-state index in [0.29, 0.717) is 11.9 Å². The number of nitrogens with zero attached hydrogens (tertiary/aromatic N) is 1. The second kappa shape index (κ2) is 4.09. The fraction of sp³-hybridized carbons (Fsp3) is 0.900. The summed E-state index contributed by atoms with van der Waals surface area (Å²) in [6.07, 6.45) is 3.63. The molecule has 0 amide bonds. The number of nitrogens with two attached hydrogens (primary N) is 1. The SMILES string of the molecule is CCC(C(=N)N)N(C)C(C)C1CC1. The molecular formula is C10H21N3. The first-order chi connectivity index (χ1) is 6.07. The highest BCUT2D eigenvalue weighted by atomic mass is 15.2. The van der Waals surface area contributed by atoms with Crippen LogP contribution in [0.15, 0.2) is 0 Å². The number of amidine groups is 1. The van der Waals surface area contributed by atoms with Crippen LogP contribution in [0.2, 0.25) is 0 Å². The third-order valence-corrected chi connectivity index (χ3v) is 3.18. The molecular weight excluding hydrogens is 162 g/mol. The molecule has 0 aromatic heterocycles. The molecule has 3 heteroatoms. The van der Waals surface area contributed by atoms with Gasteiger partial charge in [0.05, 0.1) is 6.04 Å². The smallest absolute Gasteiger partial charge is 0.108 e. The van der Waals surface area contributed by atoms with Crippen molar-refractivity contribution >= 4 is 5.84 Å². The minimum atomic E-state index is 0.135. The number of likely N-dealkylation sites (N-methyl/N-ethyl adjacent to an activating group) is 1. The molecule has 1 saturated carbocycles. The number of nitrogens with one attached hydrogen (secondary N) is 1. The number of hydrogen-bond acceptors (Lipinski definition) is 2. The predicted octanol–water partition coefficient (Wildman–Crippen LogP) is 1.43. The molecule has 13 heavy (non-hydrogen) atoms. The molecule has 76 valence electrons. The molecule has 2 unspecified atom stereocenters. The van der Waals surface area contributed by atoms with E-state index in [9.17, 15) is 0 Å². The quantitative estimate of drug-likeness (QED) is 0.500. The molecule has 0 aromatic rings. The van der Waals surface area contributed by atoms with Gasteiger partial charge in [0.2, 0.25) is 0 Å². The Kier molecular flexibility index (Phi) is 3.31. The summed E-state index contributed by atoms with van der Waals surface area (Å²) in [4.78, 5) is 2.25. The van der Waals surface area contributed by atoms with E-state index in [0.717, 1.165) is 12.3 Å². The van der Waals surface area contributed by atoms with Gasteiger partial charge in [0, 0.05) is 6.04 Å². The lowest BCUT2D eigenvalue weighted by molar-refractivity contribution is 0.201. The van der Waals surface area contributed by atoms with Crippen LogP contribution in [0.4, 0.5) is 0 Å². The van der Waals surface area contributed by atoms with Crippen molar-refractivity contribution in [3.8, 4) is 0 Å². The van der Waals surface area contributed by atoms with Crippen molar-refractivity contribution in [1.29, 1.82) is 5.41 Å². The van der Waals surface area contributed by atoms with Crippen molar-refractivity contribution in [2.75, 3.05) is 7.05 Å². The maximum absolute atomic E-state index is 7.47. The summed E-state index contributed by atoms with van der Waals surface area (Å²) in [5.74, 6) is 1.15. The van der Waals surface area contributed by atoms with Crippen LogP contribution in [0, 0.1) is 11.3 Å². The Balaban J connectivity index is 2.51. The summed E-state index contributed by atoms with van der Waals surface area (Å²) < 4.78 is 0. The van der Waals surface area contributed by atoms with Gasteiger partial charge in [-0.15, -0.1) is 0 Å². The molecule has 0 bridgehead atoms. The van der Waals surface area contributed by atoms with Crippen LogP contribution in [-0.2, 0) is 0 Å². The van der Waals surface area contributed by atoms with Crippen molar-refractivity contribution in [3.63, 3.8) is 0 Å². The van der Waals surface area contributed by atoms with Crippen LogP contribution >= 0.6 is 0 Å². The van der Waals surface area contributed by atoms with Gasteiger partial charge < -0.3 is 5.73 Å². The monoisotopic (exact) mass is 183 g/mol. The molecule has 1 rings (SSSR count). The van der Waals surface area contributed by atoms with Crippen molar-refractivity contribution in [1.82, 2.24) is 4.90 Å². The minimum absolute atomic E-state index is 0.135. The topological polar surface area (TPSA) is 53.1 Å². The summed E-state index contributed by atoms with van der Waals surface area (Å²) in [6.45, 7) is 4.32. The lowest BCUT2D eigenvalue weighted by atomic mass is 10.1. The third kappa shape index (κ3) is 2.44. The average Bonchev–Trinajstić information content (AvgIpc) is 2.85. The van der Waals surface area contributed by atoms with Crippen LogP contribution in [0.25, 0.3) is 0 Å². The van der Waals surface area contributed by atoms with Gasteiger partial charge in [0.15, 0.2) is 0 Å². The van der Waals surface area contributed by atoms with Crippen molar-refractivity contribution in [3.05, 3.63) is 0 Å². The summed E-state index contributed by atoms with van der Waals surface area (Å²) >= 11 is 0. The van der Waals surface area contributed by atoms with E-state index in [1.807, 2.05) is 0 Å². The Morgan fingerprint density at radius 1 is 1.62 bits per heavy atom. The fourth-order valence-corrected chi connectivity index (χ4v) is 1.92. The maximum Gasteiger partial charge on any atom is 0.108 e. The Morgan fingerprint density at radius 2 is 2.15 bits per heavy atom. The third-order valence-electron chi connectivity index (χ3n) is 3.18. The van der Waals surface area contributed by atoms with Crippen LogP contribution < -0.4 is 5.73 Å². The van der Waals surface area contributed by atoms with E-state index < -0.39 is 0 Å². The van der Waals surface area contributed by atoms with Gasteiger partial charge in [-0.1, -0.05) is 6.92 Å². The Bertz CT molecular complexity index is 187. The first kappa shape index (κ1) is 10.5. The molecule has 2 atom stereocenters. The second-order valence-corrected chi connectivity index (χ2v) is 4.12. The normalized spacial score (nSPS) is 21.5. The highest BCUT2D eigenvalue weighted by molar-refractivity contribution is 5.82. The van der Waals surface area contributed by atoms with Crippen molar-refractivity contribution < 1.29 is 0 Å². The van der Waals surface area contributed by atoms with Crippen molar-refractivity contribution in [2.24, 2.45) is 11.7 Å². The zero-order valence-electron chi connectivity index (χ0n) is 8.88. The zero-order chi connectivity index (χ0) is 10.0. The molecule has 3 N–H and O–H groups in total.